The Balaban J connectivity index is 2.03. The zero-order chi connectivity index (χ0) is 16.8. The second-order valence-electron chi connectivity index (χ2n) is 5.10. The maximum Gasteiger partial charge on any atom is 0.307 e. The Hall–Kier alpha value is -2.04. The minimum atomic E-state index is -1.01. The Morgan fingerprint density at radius 3 is 2.43 bits per heavy atom. The van der Waals surface area contributed by atoms with E-state index >= 15 is 0 Å². The molecule has 0 bridgehead atoms. The normalized spacial score (nSPS) is 11.7. The van der Waals surface area contributed by atoms with Crippen molar-refractivity contribution in [3.05, 3.63) is 64.1 Å². The third-order valence-electron chi connectivity index (χ3n) is 3.31. The van der Waals surface area contributed by atoms with Crippen LogP contribution in [0, 0.1) is 5.92 Å². The summed E-state index contributed by atoms with van der Waals surface area (Å²) in [5.74, 6) is -2.24. The van der Waals surface area contributed by atoms with Gasteiger partial charge in [-0.25, -0.2) is 0 Å². The minimum absolute atomic E-state index is 0.146. The van der Waals surface area contributed by atoms with Gasteiger partial charge in [-0.3, -0.25) is 9.59 Å². The number of carbonyl (C=O) groups excluding carboxylic acids is 1. The molecular formula is C17H15Cl2NO3. The summed E-state index contributed by atoms with van der Waals surface area (Å²) >= 11 is 11.8. The molecule has 1 amide bonds. The van der Waals surface area contributed by atoms with E-state index < -0.39 is 17.8 Å². The van der Waals surface area contributed by atoms with Crippen molar-refractivity contribution in [3.63, 3.8) is 0 Å². The van der Waals surface area contributed by atoms with Crippen molar-refractivity contribution in [1.29, 1.82) is 0 Å². The number of hydrogen-bond donors (Lipinski definition) is 2. The zero-order valence-corrected chi connectivity index (χ0v) is 13.6. The number of carboxylic acids is 1. The molecule has 2 aromatic carbocycles. The zero-order valence-electron chi connectivity index (χ0n) is 12.1. The first-order chi connectivity index (χ1) is 11.0. The maximum atomic E-state index is 12.1. The highest BCUT2D eigenvalue weighted by Crippen LogP contribution is 2.26. The molecule has 4 nitrogen and oxygen atoms in total. The number of nitrogens with one attached hydrogen (secondary N) is 1. The number of halogens is 2. The van der Waals surface area contributed by atoms with E-state index in [1.54, 1.807) is 12.1 Å². The minimum Gasteiger partial charge on any atom is -0.481 e. The van der Waals surface area contributed by atoms with E-state index in [0.717, 1.165) is 5.56 Å². The van der Waals surface area contributed by atoms with Gasteiger partial charge < -0.3 is 10.4 Å². The van der Waals surface area contributed by atoms with Gasteiger partial charge in [0.25, 0.3) is 0 Å². The fourth-order valence-corrected chi connectivity index (χ4v) is 2.50. The van der Waals surface area contributed by atoms with Gasteiger partial charge in [0.15, 0.2) is 0 Å². The van der Waals surface area contributed by atoms with Crippen LogP contribution in [0.3, 0.4) is 0 Å². The summed E-state index contributed by atoms with van der Waals surface area (Å²) in [6.07, 6.45) is 0.139. The van der Waals surface area contributed by atoms with Crippen molar-refractivity contribution in [2.24, 2.45) is 5.92 Å². The first-order valence-electron chi connectivity index (χ1n) is 6.97. The van der Waals surface area contributed by atoms with Gasteiger partial charge in [0.2, 0.25) is 5.91 Å². The Morgan fingerprint density at radius 1 is 1.09 bits per heavy atom. The third-order valence-corrected chi connectivity index (χ3v) is 3.87. The lowest BCUT2D eigenvalue weighted by molar-refractivity contribution is -0.143. The van der Waals surface area contributed by atoms with E-state index in [9.17, 15) is 14.7 Å². The van der Waals surface area contributed by atoms with E-state index in [0.29, 0.717) is 15.7 Å². The standard InChI is InChI=1S/C17H15Cl2NO3/c18-13-6-7-14(19)15(10-13)20-16(21)9-12(17(22)23)8-11-4-2-1-3-5-11/h1-7,10,12H,8-9H2,(H,20,21)(H,22,23). The quantitative estimate of drug-likeness (QED) is 0.816. The molecule has 2 rings (SSSR count). The maximum absolute atomic E-state index is 12.1. The molecule has 0 radical (unpaired) electrons. The molecule has 0 saturated carbocycles. The second-order valence-corrected chi connectivity index (χ2v) is 5.94. The average Bonchev–Trinajstić information content (AvgIpc) is 2.51. The van der Waals surface area contributed by atoms with Crippen LogP contribution >= 0.6 is 23.2 Å². The topological polar surface area (TPSA) is 66.4 Å². The second kappa shape index (κ2) is 7.99. The molecule has 0 saturated heterocycles. The molecule has 1 unspecified atom stereocenters. The van der Waals surface area contributed by atoms with Crippen molar-refractivity contribution < 1.29 is 14.7 Å². The fraction of sp³-hybridized carbons (Fsp3) is 0.176. The predicted octanol–water partition coefficient (Wildman–Crippen LogP) is 4.27. The molecule has 6 heteroatoms. The number of anilines is 1. The first-order valence-corrected chi connectivity index (χ1v) is 7.73. The van der Waals surface area contributed by atoms with Crippen LogP contribution < -0.4 is 5.32 Å². The van der Waals surface area contributed by atoms with Gasteiger partial charge in [0.1, 0.15) is 0 Å². The Bertz CT molecular complexity index is 704. The van der Waals surface area contributed by atoms with E-state index in [1.807, 2.05) is 30.3 Å². The van der Waals surface area contributed by atoms with Crippen LogP contribution in [0.2, 0.25) is 10.0 Å². The summed E-state index contributed by atoms with van der Waals surface area (Å²) in [7, 11) is 0. The SMILES string of the molecule is O=C(CC(Cc1ccccc1)C(=O)O)Nc1cc(Cl)ccc1Cl. The highest BCUT2D eigenvalue weighted by atomic mass is 35.5. The lowest BCUT2D eigenvalue weighted by Crippen LogP contribution is -2.24. The van der Waals surface area contributed by atoms with Crippen LogP contribution in [0.25, 0.3) is 0 Å². The molecule has 23 heavy (non-hydrogen) atoms. The van der Waals surface area contributed by atoms with Crippen molar-refractivity contribution in [2.75, 3.05) is 5.32 Å². The number of amides is 1. The van der Waals surface area contributed by atoms with Gasteiger partial charge in [-0.2, -0.15) is 0 Å². The molecule has 2 N–H and O–H groups in total. The highest BCUT2D eigenvalue weighted by molar-refractivity contribution is 6.35. The van der Waals surface area contributed by atoms with E-state index in [4.69, 9.17) is 23.2 Å². The molecule has 0 heterocycles. The molecule has 1 atom stereocenters. The van der Waals surface area contributed by atoms with Gasteiger partial charge >= 0.3 is 5.97 Å². The van der Waals surface area contributed by atoms with Crippen LogP contribution in [-0.4, -0.2) is 17.0 Å². The predicted molar refractivity (Wildman–Crippen MR) is 91.0 cm³/mol. The number of aliphatic carboxylic acids is 1. The summed E-state index contributed by atoms with van der Waals surface area (Å²) in [4.78, 5) is 23.5. The Kier molecular flexibility index (Phi) is 6.02. The molecule has 0 spiro atoms. The van der Waals surface area contributed by atoms with Crippen LogP contribution in [0.1, 0.15) is 12.0 Å². The number of rotatable bonds is 6. The molecule has 0 aliphatic rings. The first kappa shape index (κ1) is 17.3. The lowest BCUT2D eigenvalue weighted by Gasteiger charge is -2.13. The number of benzene rings is 2. The van der Waals surface area contributed by atoms with Crippen molar-refractivity contribution in [2.45, 2.75) is 12.8 Å². The molecule has 0 aromatic heterocycles. The van der Waals surface area contributed by atoms with Gasteiger partial charge in [-0.1, -0.05) is 53.5 Å². The van der Waals surface area contributed by atoms with E-state index in [2.05, 4.69) is 5.32 Å². The van der Waals surface area contributed by atoms with Gasteiger partial charge in [0, 0.05) is 11.4 Å². The molecule has 0 aliphatic carbocycles. The smallest absolute Gasteiger partial charge is 0.307 e. The fourth-order valence-electron chi connectivity index (χ4n) is 2.16. The summed E-state index contributed by atoms with van der Waals surface area (Å²) < 4.78 is 0. The van der Waals surface area contributed by atoms with Gasteiger partial charge in [-0.05, 0) is 30.2 Å². The van der Waals surface area contributed by atoms with Crippen LogP contribution in [-0.2, 0) is 16.0 Å². The Labute approximate surface area is 144 Å². The molecule has 120 valence electrons. The molecule has 0 aliphatic heterocycles. The molecular weight excluding hydrogens is 337 g/mol. The summed E-state index contributed by atoms with van der Waals surface area (Å²) in [5, 5.41) is 12.7. The lowest BCUT2D eigenvalue weighted by atomic mass is 9.96. The van der Waals surface area contributed by atoms with Crippen molar-refractivity contribution >= 4 is 40.8 Å². The van der Waals surface area contributed by atoms with Crippen LogP contribution in [0.15, 0.2) is 48.5 Å². The number of hydrogen-bond acceptors (Lipinski definition) is 2. The largest absolute Gasteiger partial charge is 0.481 e. The van der Waals surface area contributed by atoms with E-state index in [1.165, 1.54) is 6.07 Å². The van der Waals surface area contributed by atoms with Gasteiger partial charge in [-0.15, -0.1) is 0 Å². The van der Waals surface area contributed by atoms with Crippen LogP contribution in [0.5, 0.6) is 0 Å². The highest BCUT2D eigenvalue weighted by Gasteiger charge is 2.22. The third kappa shape index (κ3) is 5.27. The molecule has 0 fully saturated rings. The van der Waals surface area contributed by atoms with E-state index in [-0.39, 0.29) is 12.8 Å². The van der Waals surface area contributed by atoms with Crippen molar-refractivity contribution in [1.82, 2.24) is 0 Å². The van der Waals surface area contributed by atoms with Crippen molar-refractivity contribution in [3.8, 4) is 0 Å². The monoisotopic (exact) mass is 351 g/mol. The summed E-state index contributed by atoms with van der Waals surface area (Å²) in [5.41, 5.74) is 1.24. The Morgan fingerprint density at radius 2 is 1.78 bits per heavy atom. The summed E-state index contributed by atoms with van der Waals surface area (Å²) in [6, 6.07) is 13.9. The van der Waals surface area contributed by atoms with Crippen LogP contribution in [0.4, 0.5) is 5.69 Å². The summed E-state index contributed by atoms with van der Waals surface area (Å²) in [6.45, 7) is 0. The number of carboxylic acid groups (broad SMARTS) is 1. The van der Waals surface area contributed by atoms with Gasteiger partial charge in [0.05, 0.1) is 16.6 Å². The average molecular weight is 352 g/mol. The molecule has 2 aromatic rings. The number of carbonyl (C=O) groups is 2.